The molecule has 0 saturated heterocycles. The molecule has 3 aromatic heterocycles. The lowest BCUT2D eigenvalue weighted by Crippen LogP contribution is -2.09. The number of hydrogen-bond acceptors (Lipinski definition) is 3. The number of rotatable bonds is 8. The second kappa shape index (κ2) is 17.8. The van der Waals surface area contributed by atoms with Crippen LogP contribution in [0.3, 0.4) is 0 Å². The molecule has 5 heteroatoms. The lowest BCUT2D eigenvalue weighted by Gasteiger charge is -2.22. The van der Waals surface area contributed by atoms with Crippen LogP contribution in [0.4, 0.5) is 0 Å². The van der Waals surface area contributed by atoms with E-state index in [-0.39, 0.29) is 0 Å². The van der Waals surface area contributed by atoms with Crippen molar-refractivity contribution < 1.29 is 0 Å². The van der Waals surface area contributed by atoms with E-state index in [9.17, 15) is 0 Å². The molecule has 0 unspecified atom stereocenters. The fourth-order valence-electron chi connectivity index (χ4n) is 12.1. The molecule has 0 N–H and O–H groups in total. The zero-order chi connectivity index (χ0) is 50.3. The first kappa shape index (κ1) is 43.8. The van der Waals surface area contributed by atoms with Gasteiger partial charge in [-0.2, -0.15) is 0 Å². The number of benzene rings is 11. The van der Waals surface area contributed by atoms with Crippen molar-refractivity contribution in [2.75, 3.05) is 0 Å². The maximum atomic E-state index is 5.04. The zero-order valence-electron chi connectivity index (χ0n) is 42.0. The van der Waals surface area contributed by atoms with Crippen LogP contribution >= 0.6 is 0 Å². The van der Waals surface area contributed by atoms with Gasteiger partial charge in [-0.3, -0.25) is 0 Å². The zero-order valence-corrected chi connectivity index (χ0v) is 42.0. The Bertz CT molecular complexity index is 4510. The van der Waals surface area contributed by atoms with Gasteiger partial charge < -0.3 is 9.13 Å². The largest absolute Gasteiger partial charge is 0.309 e. The predicted molar refractivity (Wildman–Crippen MR) is 314 cm³/mol. The molecule has 5 nitrogen and oxygen atoms in total. The molecule has 15 rings (SSSR count). The van der Waals surface area contributed by atoms with Gasteiger partial charge in [0, 0.05) is 49.6 Å². The first-order valence-corrected chi connectivity index (χ1v) is 26.3. The van der Waals surface area contributed by atoms with Gasteiger partial charge in [0.15, 0.2) is 17.5 Å². The van der Waals surface area contributed by atoms with E-state index in [2.05, 4.69) is 222 Å². The van der Waals surface area contributed by atoms with Crippen molar-refractivity contribution in [1.29, 1.82) is 0 Å². The molecule has 0 amide bonds. The number of fused-ring (bicyclic) bond motifs is 9. The topological polar surface area (TPSA) is 48.5 Å². The lowest BCUT2D eigenvalue weighted by atomic mass is 9.84. The fourth-order valence-corrected chi connectivity index (χ4v) is 12.1. The van der Waals surface area contributed by atoms with Gasteiger partial charge in [0.1, 0.15) is 0 Å². The summed E-state index contributed by atoms with van der Waals surface area (Å²) in [5, 5.41) is 7.41. The molecule has 0 spiro atoms. The van der Waals surface area contributed by atoms with Crippen LogP contribution in [0, 0.1) is 6.92 Å². The first-order valence-electron chi connectivity index (χ1n) is 26.3. The summed E-state index contributed by atoms with van der Waals surface area (Å²) >= 11 is 0. The molecule has 11 aromatic carbocycles. The van der Waals surface area contributed by atoms with Gasteiger partial charge in [0.05, 0.1) is 22.1 Å². The summed E-state index contributed by atoms with van der Waals surface area (Å²) in [4.78, 5) is 15.0. The molecule has 358 valence electrons. The second-order valence-corrected chi connectivity index (χ2v) is 20.4. The average Bonchev–Trinajstić information content (AvgIpc) is 4.04. The Labute approximate surface area is 440 Å². The smallest absolute Gasteiger partial charge is 0.164 e. The molecule has 76 heavy (non-hydrogen) atoms. The molecule has 0 atom stereocenters. The summed E-state index contributed by atoms with van der Waals surface area (Å²) in [6.07, 6.45) is 2.57. The van der Waals surface area contributed by atoms with E-state index in [1.807, 2.05) is 36.4 Å². The molecular formula is C71H49N5. The van der Waals surface area contributed by atoms with E-state index in [4.69, 9.17) is 15.0 Å². The minimum absolute atomic E-state index is 0.663. The SMILES string of the molecule is Cc1ccccc1-c1ccccc1Cc1ccc2c(c1)c1cc(-n3c4ccccc4c4ccccc43)ccc1n2-c1ccc2c(c1)Cc1cc3ccc(-c4nc(-c5ccccc5)nc(-c5ccccc5)n4)cc3cc1C2. The van der Waals surface area contributed by atoms with E-state index in [0.29, 0.717) is 17.5 Å². The highest BCUT2D eigenvalue weighted by atomic mass is 15.0. The standard InChI is InChI=1S/C71H49N5/c1-45-16-8-10-22-59(45)60-23-11-9-21-51(60)36-46-28-34-67-63(37-46)64-44-58(76-65-26-14-12-24-61(65)62-25-13-15-27-66(62)76)33-35-68(64)75(67)57-32-31-50-39-54-41-53-40-52(30-29-49(53)38-55(54)42-56(50)43-57)71-73-69(47-17-4-2-5-18-47)72-70(74-71)48-19-6-3-7-20-48/h2-35,37-38,40-41,43-44H,36,39,42H2,1H3. The quantitative estimate of drug-likeness (QED) is 0.152. The molecule has 1 aliphatic rings. The normalized spacial score (nSPS) is 12.2. The van der Waals surface area contributed by atoms with E-state index in [1.54, 1.807) is 0 Å². The van der Waals surface area contributed by atoms with Crippen molar-refractivity contribution in [3.8, 4) is 56.7 Å². The van der Waals surface area contributed by atoms with Crippen LogP contribution < -0.4 is 0 Å². The van der Waals surface area contributed by atoms with Gasteiger partial charge in [-0.25, -0.2) is 15.0 Å². The predicted octanol–water partition coefficient (Wildman–Crippen LogP) is 17.3. The second-order valence-electron chi connectivity index (χ2n) is 20.4. The minimum atomic E-state index is 0.663. The van der Waals surface area contributed by atoms with Crippen LogP contribution in [0.5, 0.6) is 0 Å². The molecule has 0 aliphatic heterocycles. The van der Waals surface area contributed by atoms with Gasteiger partial charge in [-0.1, -0.05) is 182 Å². The fraction of sp³-hybridized carbons (Fsp3) is 0.0563. The van der Waals surface area contributed by atoms with E-state index >= 15 is 0 Å². The molecular weight excluding hydrogens is 923 g/mol. The third-order valence-corrected chi connectivity index (χ3v) is 15.8. The average molecular weight is 972 g/mol. The van der Waals surface area contributed by atoms with Crippen LogP contribution in [-0.4, -0.2) is 24.1 Å². The van der Waals surface area contributed by atoms with Crippen LogP contribution in [0.25, 0.3) is 111 Å². The highest BCUT2D eigenvalue weighted by molar-refractivity contribution is 6.12. The van der Waals surface area contributed by atoms with Gasteiger partial charge in [-0.05, 0) is 148 Å². The van der Waals surface area contributed by atoms with Gasteiger partial charge in [-0.15, -0.1) is 0 Å². The number of nitrogens with zero attached hydrogens (tertiary/aromatic N) is 5. The maximum absolute atomic E-state index is 5.04. The summed E-state index contributed by atoms with van der Waals surface area (Å²) in [6.45, 7) is 2.21. The Balaban J connectivity index is 0.822. The van der Waals surface area contributed by atoms with E-state index < -0.39 is 0 Å². The van der Waals surface area contributed by atoms with Crippen LogP contribution in [-0.2, 0) is 19.3 Å². The summed E-state index contributed by atoms with van der Waals surface area (Å²) in [5.74, 6) is 1.99. The Morgan fingerprint density at radius 2 is 0.855 bits per heavy atom. The van der Waals surface area contributed by atoms with Crippen molar-refractivity contribution in [3.05, 3.63) is 282 Å². The lowest BCUT2D eigenvalue weighted by molar-refractivity contribution is 0.997. The number of aromatic nitrogens is 5. The third-order valence-electron chi connectivity index (χ3n) is 15.8. The number of hydrogen-bond donors (Lipinski definition) is 0. The first-order chi connectivity index (χ1) is 37.5. The molecule has 0 radical (unpaired) electrons. The van der Waals surface area contributed by atoms with Crippen molar-refractivity contribution >= 4 is 54.4 Å². The van der Waals surface area contributed by atoms with Gasteiger partial charge in [0.25, 0.3) is 0 Å². The Hall–Kier alpha value is -9.71. The van der Waals surface area contributed by atoms with Crippen LogP contribution in [0.15, 0.2) is 243 Å². The summed E-state index contributed by atoms with van der Waals surface area (Å²) in [5.41, 5.74) is 22.0. The summed E-state index contributed by atoms with van der Waals surface area (Å²) in [7, 11) is 0. The van der Waals surface area contributed by atoms with Crippen LogP contribution in [0.2, 0.25) is 0 Å². The Morgan fingerprint density at radius 1 is 0.342 bits per heavy atom. The van der Waals surface area contributed by atoms with Crippen molar-refractivity contribution in [1.82, 2.24) is 24.1 Å². The highest BCUT2D eigenvalue weighted by Gasteiger charge is 2.22. The minimum Gasteiger partial charge on any atom is -0.309 e. The Kier molecular flexibility index (Phi) is 10.2. The molecule has 0 fully saturated rings. The highest BCUT2D eigenvalue weighted by Crippen LogP contribution is 2.40. The van der Waals surface area contributed by atoms with Gasteiger partial charge in [0.2, 0.25) is 0 Å². The number of para-hydroxylation sites is 2. The number of aryl methyl sites for hydroxylation is 1. The maximum Gasteiger partial charge on any atom is 0.164 e. The third kappa shape index (κ3) is 7.42. The molecule has 0 saturated carbocycles. The molecule has 3 heterocycles. The summed E-state index contributed by atoms with van der Waals surface area (Å²) < 4.78 is 4.93. The van der Waals surface area contributed by atoms with Crippen molar-refractivity contribution in [2.24, 2.45) is 0 Å². The van der Waals surface area contributed by atoms with Gasteiger partial charge >= 0.3 is 0 Å². The van der Waals surface area contributed by atoms with Crippen LogP contribution in [0.1, 0.15) is 38.9 Å². The molecule has 14 aromatic rings. The molecule has 1 aliphatic carbocycles. The van der Waals surface area contributed by atoms with E-state index in [1.165, 1.54) is 110 Å². The van der Waals surface area contributed by atoms with Crippen molar-refractivity contribution in [3.63, 3.8) is 0 Å². The summed E-state index contributed by atoms with van der Waals surface area (Å²) in [6, 6.07) is 88.4. The van der Waals surface area contributed by atoms with E-state index in [0.717, 1.165) is 41.6 Å². The molecule has 0 bridgehead atoms. The Morgan fingerprint density at radius 3 is 1.55 bits per heavy atom. The van der Waals surface area contributed by atoms with Crippen molar-refractivity contribution in [2.45, 2.75) is 26.2 Å². The monoisotopic (exact) mass is 971 g/mol.